The topological polar surface area (TPSA) is 29.5 Å². The molecule has 0 radical (unpaired) electrons. The Morgan fingerprint density at radius 3 is 3.07 bits per heavy atom. The highest BCUT2D eigenvalue weighted by Crippen LogP contribution is 2.19. The van der Waals surface area contributed by atoms with E-state index in [1.54, 1.807) is 0 Å². The molecule has 1 fully saturated rings. The van der Waals surface area contributed by atoms with Gasteiger partial charge in [0, 0.05) is 25.6 Å². The number of alkyl halides is 1. The lowest BCUT2D eigenvalue weighted by molar-refractivity contribution is -0.137. The van der Waals surface area contributed by atoms with Gasteiger partial charge in [-0.25, -0.2) is 0 Å². The molecule has 4 heteroatoms. The number of nitrogens with zero attached hydrogens (tertiary/aromatic N) is 1. The molecule has 1 unspecified atom stereocenters. The van der Waals surface area contributed by atoms with E-state index in [2.05, 4.69) is 0 Å². The van der Waals surface area contributed by atoms with Crippen LogP contribution in [0.4, 0.5) is 0 Å². The second kappa shape index (κ2) is 7.07. The van der Waals surface area contributed by atoms with Gasteiger partial charge in [-0.05, 0) is 32.1 Å². The van der Waals surface area contributed by atoms with Crippen LogP contribution in [0.3, 0.4) is 0 Å². The van der Waals surface area contributed by atoms with Crippen LogP contribution in [-0.2, 0) is 9.53 Å². The minimum Gasteiger partial charge on any atom is -0.372 e. The molecule has 88 valence electrons. The second-order valence-corrected chi connectivity index (χ2v) is 4.34. The monoisotopic (exact) mass is 233 g/mol. The highest BCUT2D eigenvalue weighted by Gasteiger charge is 2.22. The number of rotatable bonds is 5. The van der Waals surface area contributed by atoms with Gasteiger partial charge in [0.2, 0.25) is 5.91 Å². The van der Waals surface area contributed by atoms with E-state index in [1.807, 2.05) is 11.8 Å². The van der Waals surface area contributed by atoms with Gasteiger partial charge in [0.05, 0.1) is 0 Å². The van der Waals surface area contributed by atoms with Crippen LogP contribution in [0.2, 0.25) is 0 Å². The Balaban J connectivity index is 2.31. The molecule has 1 atom stereocenters. The summed E-state index contributed by atoms with van der Waals surface area (Å²) in [4.78, 5) is 13.6. The van der Waals surface area contributed by atoms with Crippen molar-refractivity contribution >= 4 is 17.5 Å². The molecule has 3 nitrogen and oxygen atoms in total. The average Bonchev–Trinajstić information content (AvgIpc) is 2.27. The zero-order chi connectivity index (χ0) is 11.1. The molecular formula is C11H20ClNO2. The number of hydrogen-bond acceptors (Lipinski definition) is 2. The Kier molecular flexibility index (Phi) is 6.03. The van der Waals surface area contributed by atoms with Crippen molar-refractivity contribution in [1.82, 2.24) is 4.90 Å². The molecule has 0 saturated carbocycles. The zero-order valence-corrected chi connectivity index (χ0v) is 10.1. The van der Waals surface area contributed by atoms with Crippen molar-refractivity contribution in [2.24, 2.45) is 5.92 Å². The van der Waals surface area contributed by atoms with Gasteiger partial charge in [0.1, 0.15) is 6.61 Å². The van der Waals surface area contributed by atoms with E-state index in [0.29, 0.717) is 18.4 Å². The number of piperidine rings is 1. The molecule has 1 aliphatic heterocycles. The van der Waals surface area contributed by atoms with Gasteiger partial charge >= 0.3 is 0 Å². The summed E-state index contributed by atoms with van der Waals surface area (Å²) in [7, 11) is 0. The first kappa shape index (κ1) is 12.8. The molecule has 1 aliphatic rings. The van der Waals surface area contributed by atoms with Crippen molar-refractivity contribution in [3.63, 3.8) is 0 Å². The van der Waals surface area contributed by atoms with E-state index in [9.17, 15) is 4.79 Å². The summed E-state index contributed by atoms with van der Waals surface area (Å²) in [5.74, 6) is 1.40. The van der Waals surface area contributed by atoms with Crippen molar-refractivity contribution in [2.75, 3.05) is 32.2 Å². The quantitative estimate of drug-likeness (QED) is 0.679. The maximum atomic E-state index is 11.7. The van der Waals surface area contributed by atoms with Gasteiger partial charge in [-0.3, -0.25) is 4.79 Å². The number of carbonyl (C=O) groups is 1. The third-order valence-electron chi connectivity index (χ3n) is 2.82. The molecule has 1 heterocycles. The fourth-order valence-corrected chi connectivity index (χ4v) is 2.27. The Labute approximate surface area is 96.7 Å². The van der Waals surface area contributed by atoms with Crippen molar-refractivity contribution in [3.8, 4) is 0 Å². The number of likely N-dealkylation sites (tertiary alicyclic amines) is 1. The third-order valence-corrected chi connectivity index (χ3v) is 3.04. The predicted octanol–water partition coefficient (Wildman–Crippen LogP) is 1.89. The first-order valence-corrected chi connectivity index (χ1v) is 6.22. The minimum atomic E-state index is 0.121. The van der Waals surface area contributed by atoms with E-state index in [0.717, 1.165) is 25.9 Å². The molecule has 0 aliphatic carbocycles. The number of hydrogen-bond donors (Lipinski definition) is 0. The standard InChI is InChI=1S/C11H20ClNO2/c1-2-15-9-11(14)13-7-3-4-10(8-13)5-6-12/h10H,2-9H2,1H3. The lowest BCUT2D eigenvalue weighted by Crippen LogP contribution is -2.41. The summed E-state index contributed by atoms with van der Waals surface area (Å²) in [6, 6.07) is 0. The van der Waals surface area contributed by atoms with Crippen LogP contribution in [0.5, 0.6) is 0 Å². The third kappa shape index (κ3) is 4.39. The van der Waals surface area contributed by atoms with E-state index in [4.69, 9.17) is 16.3 Å². The highest BCUT2D eigenvalue weighted by molar-refractivity contribution is 6.17. The van der Waals surface area contributed by atoms with Gasteiger partial charge in [-0.2, -0.15) is 0 Å². The van der Waals surface area contributed by atoms with Crippen molar-refractivity contribution in [3.05, 3.63) is 0 Å². The molecule has 0 spiro atoms. The molecule has 1 rings (SSSR count). The van der Waals surface area contributed by atoms with Crippen LogP contribution in [0.15, 0.2) is 0 Å². The van der Waals surface area contributed by atoms with Gasteiger partial charge in [-0.15, -0.1) is 11.6 Å². The fraction of sp³-hybridized carbons (Fsp3) is 0.909. The molecule has 15 heavy (non-hydrogen) atoms. The summed E-state index contributed by atoms with van der Waals surface area (Å²) in [6.07, 6.45) is 3.31. The predicted molar refractivity (Wildman–Crippen MR) is 61.1 cm³/mol. The van der Waals surface area contributed by atoms with Crippen molar-refractivity contribution in [2.45, 2.75) is 26.2 Å². The van der Waals surface area contributed by atoms with Crippen LogP contribution in [-0.4, -0.2) is 43.0 Å². The van der Waals surface area contributed by atoms with Crippen LogP contribution in [0, 0.1) is 5.92 Å². The Morgan fingerprint density at radius 1 is 1.60 bits per heavy atom. The Morgan fingerprint density at radius 2 is 2.40 bits per heavy atom. The average molecular weight is 234 g/mol. The van der Waals surface area contributed by atoms with Crippen LogP contribution in [0.25, 0.3) is 0 Å². The van der Waals surface area contributed by atoms with Crippen LogP contribution >= 0.6 is 11.6 Å². The molecule has 0 N–H and O–H groups in total. The summed E-state index contributed by atoms with van der Waals surface area (Å²) >= 11 is 5.72. The number of ether oxygens (including phenoxy) is 1. The summed E-state index contributed by atoms with van der Waals surface area (Å²) in [5, 5.41) is 0. The molecule has 1 amide bonds. The smallest absolute Gasteiger partial charge is 0.248 e. The van der Waals surface area contributed by atoms with E-state index in [-0.39, 0.29) is 12.5 Å². The lowest BCUT2D eigenvalue weighted by atomic mass is 9.95. The second-order valence-electron chi connectivity index (χ2n) is 3.96. The molecule has 1 saturated heterocycles. The van der Waals surface area contributed by atoms with Gasteiger partial charge in [0.25, 0.3) is 0 Å². The van der Waals surface area contributed by atoms with Gasteiger partial charge in [-0.1, -0.05) is 0 Å². The minimum absolute atomic E-state index is 0.121. The summed E-state index contributed by atoms with van der Waals surface area (Å²) in [6.45, 7) is 4.47. The SMILES string of the molecule is CCOCC(=O)N1CCCC(CCCl)C1. The van der Waals surface area contributed by atoms with E-state index in [1.165, 1.54) is 6.42 Å². The maximum absolute atomic E-state index is 11.7. The summed E-state index contributed by atoms with van der Waals surface area (Å²) in [5.41, 5.74) is 0. The van der Waals surface area contributed by atoms with Gasteiger partial charge in [0.15, 0.2) is 0 Å². The molecule has 0 aromatic rings. The number of carbonyl (C=O) groups excluding carboxylic acids is 1. The number of amides is 1. The number of halogens is 1. The highest BCUT2D eigenvalue weighted by atomic mass is 35.5. The molecule has 0 aromatic carbocycles. The van der Waals surface area contributed by atoms with Crippen molar-refractivity contribution < 1.29 is 9.53 Å². The Hall–Kier alpha value is -0.280. The molecular weight excluding hydrogens is 214 g/mol. The molecule has 0 bridgehead atoms. The first-order chi connectivity index (χ1) is 7.27. The van der Waals surface area contributed by atoms with E-state index < -0.39 is 0 Å². The summed E-state index contributed by atoms with van der Waals surface area (Å²) < 4.78 is 5.13. The zero-order valence-electron chi connectivity index (χ0n) is 9.38. The van der Waals surface area contributed by atoms with Gasteiger partial charge < -0.3 is 9.64 Å². The molecule has 0 aromatic heterocycles. The van der Waals surface area contributed by atoms with Crippen LogP contribution in [0.1, 0.15) is 26.2 Å². The fourth-order valence-electron chi connectivity index (χ4n) is 1.96. The largest absolute Gasteiger partial charge is 0.372 e. The lowest BCUT2D eigenvalue weighted by Gasteiger charge is -2.32. The first-order valence-electron chi connectivity index (χ1n) is 5.69. The maximum Gasteiger partial charge on any atom is 0.248 e. The van der Waals surface area contributed by atoms with Crippen LogP contribution < -0.4 is 0 Å². The Bertz CT molecular complexity index is 197. The van der Waals surface area contributed by atoms with E-state index >= 15 is 0 Å². The normalized spacial score (nSPS) is 21.7. The van der Waals surface area contributed by atoms with Crippen molar-refractivity contribution in [1.29, 1.82) is 0 Å².